The highest BCUT2D eigenvalue weighted by atomic mass is 28.4. The largest absolute Gasteiger partial charge is 0.488 e. The first kappa shape index (κ1) is 33.2. The van der Waals surface area contributed by atoms with Gasteiger partial charge in [0.25, 0.3) is 0 Å². The van der Waals surface area contributed by atoms with Crippen molar-refractivity contribution in [3.8, 4) is 22.6 Å². The van der Waals surface area contributed by atoms with E-state index < -0.39 is 19.7 Å². The average Bonchev–Trinajstić information content (AvgIpc) is 3.40. The zero-order valence-corrected chi connectivity index (χ0v) is 29.1. The van der Waals surface area contributed by atoms with Gasteiger partial charge in [0.2, 0.25) is 0 Å². The number of benzene rings is 4. The van der Waals surface area contributed by atoms with E-state index in [9.17, 15) is 9.18 Å². The zero-order valence-electron chi connectivity index (χ0n) is 28.1. The molecule has 5 nitrogen and oxygen atoms in total. The summed E-state index contributed by atoms with van der Waals surface area (Å²) in [6, 6.07) is 30.2. The van der Waals surface area contributed by atoms with Crippen LogP contribution in [0.15, 0.2) is 97.1 Å². The van der Waals surface area contributed by atoms with Gasteiger partial charge in [-0.1, -0.05) is 83.1 Å². The van der Waals surface area contributed by atoms with Gasteiger partial charge >= 0.3 is 5.97 Å². The van der Waals surface area contributed by atoms with Crippen LogP contribution in [0.1, 0.15) is 56.2 Å². The fraction of sp³-hybridized carbons (Fsp3) is 0.308. The van der Waals surface area contributed by atoms with E-state index in [1.54, 1.807) is 12.1 Å². The maximum absolute atomic E-state index is 14.3. The average molecular weight is 638 g/mol. The maximum atomic E-state index is 14.3. The molecule has 0 aliphatic rings. The Labute approximate surface area is 273 Å². The lowest BCUT2D eigenvalue weighted by Crippen LogP contribution is -2.44. The highest BCUT2D eigenvalue weighted by molar-refractivity contribution is 6.74. The minimum atomic E-state index is -2.11. The van der Waals surface area contributed by atoms with E-state index in [1.165, 1.54) is 19.2 Å². The molecule has 46 heavy (non-hydrogen) atoms. The SMILES string of the molecule is COC(=O)c1ccc(-c2c(C(C)(C)CO[Si](C)(C)C(C)(C)C)n(-c3ccc(F)cc3)c3cccc(OCc4ccccc4)c23)cc1. The molecule has 0 aliphatic heterocycles. The number of ether oxygens (including phenoxy) is 2. The van der Waals surface area contributed by atoms with Gasteiger partial charge in [-0.15, -0.1) is 0 Å². The van der Waals surface area contributed by atoms with E-state index in [1.807, 2.05) is 66.7 Å². The van der Waals surface area contributed by atoms with Crippen molar-refractivity contribution in [3.05, 3.63) is 120 Å². The van der Waals surface area contributed by atoms with Crippen molar-refractivity contribution in [1.82, 2.24) is 4.57 Å². The molecule has 0 aliphatic carbocycles. The monoisotopic (exact) mass is 637 g/mol. The molecular weight excluding hydrogens is 594 g/mol. The molecule has 1 heterocycles. The lowest BCUT2D eigenvalue weighted by molar-refractivity contribution is 0.0600. The third-order valence-corrected chi connectivity index (χ3v) is 13.6. The minimum absolute atomic E-state index is 0.0394. The summed E-state index contributed by atoms with van der Waals surface area (Å²) in [5, 5.41) is 0.974. The van der Waals surface area contributed by atoms with Gasteiger partial charge < -0.3 is 18.5 Å². The molecule has 1 aromatic heterocycles. The van der Waals surface area contributed by atoms with Crippen molar-refractivity contribution in [2.45, 2.75) is 64.8 Å². The summed E-state index contributed by atoms with van der Waals surface area (Å²) >= 11 is 0. The van der Waals surface area contributed by atoms with Crippen LogP contribution in [0.4, 0.5) is 4.39 Å². The van der Waals surface area contributed by atoms with Gasteiger partial charge in [0.15, 0.2) is 8.32 Å². The highest BCUT2D eigenvalue weighted by Gasteiger charge is 2.40. The molecule has 0 atom stereocenters. The van der Waals surface area contributed by atoms with Crippen molar-refractivity contribution in [2.24, 2.45) is 0 Å². The Morgan fingerprint density at radius 1 is 0.826 bits per heavy atom. The molecule has 7 heteroatoms. The Morgan fingerprint density at radius 3 is 2.09 bits per heavy atom. The van der Waals surface area contributed by atoms with Crippen molar-refractivity contribution in [3.63, 3.8) is 0 Å². The Bertz CT molecular complexity index is 1820. The fourth-order valence-corrected chi connectivity index (χ4v) is 6.64. The minimum Gasteiger partial charge on any atom is -0.488 e. The van der Waals surface area contributed by atoms with Crippen molar-refractivity contribution < 1.29 is 23.1 Å². The van der Waals surface area contributed by atoms with Crippen LogP contribution in [0, 0.1) is 5.82 Å². The second kappa shape index (κ2) is 12.9. The third kappa shape index (κ3) is 6.67. The lowest BCUT2D eigenvalue weighted by Gasteiger charge is -2.39. The standard InChI is InChI=1S/C39H44FNO4Si/c1-38(2,3)46(7,8)45-26-39(4,5)36-34(28-17-19-29(20-18-28)37(42)43-6)35-32(41(36)31-23-21-30(40)22-24-31)15-12-16-33(35)44-25-27-13-10-9-11-14-27/h9-24H,25-26H2,1-8H3. The summed E-state index contributed by atoms with van der Waals surface area (Å²) in [7, 11) is -0.727. The molecule has 0 spiro atoms. The van der Waals surface area contributed by atoms with Gasteiger partial charge in [-0.3, -0.25) is 0 Å². The van der Waals surface area contributed by atoms with Crippen LogP contribution in [0.3, 0.4) is 0 Å². The molecule has 0 unspecified atom stereocenters. The molecule has 0 amide bonds. The first-order valence-electron chi connectivity index (χ1n) is 15.7. The first-order valence-corrected chi connectivity index (χ1v) is 18.6. The van der Waals surface area contributed by atoms with E-state index in [4.69, 9.17) is 13.9 Å². The van der Waals surface area contributed by atoms with E-state index in [-0.39, 0.29) is 10.9 Å². The summed E-state index contributed by atoms with van der Waals surface area (Å²) in [5.41, 5.74) is 5.69. The Kier molecular flexibility index (Phi) is 9.30. The molecular formula is C39H44FNO4Si. The molecule has 0 radical (unpaired) electrons. The van der Waals surface area contributed by atoms with Crippen LogP contribution >= 0.6 is 0 Å². The second-order valence-corrected chi connectivity index (χ2v) is 18.8. The van der Waals surface area contributed by atoms with Crippen LogP contribution in [0.5, 0.6) is 5.75 Å². The predicted molar refractivity (Wildman–Crippen MR) is 187 cm³/mol. The molecule has 0 saturated heterocycles. The lowest BCUT2D eigenvalue weighted by atomic mass is 9.84. The molecule has 240 valence electrons. The van der Waals surface area contributed by atoms with Crippen LogP contribution in [0.25, 0.3) is 27.7 Å². The second-order valence-electron chi connectivity index (χ2n) is 14.0. The van der Waals surface area contributed by atoms with Crippen molar-refractivity contribution in [2.75, 3.05) is 13.7 Å². The molecule has 5 rings (SSSR count). The number of hydrogen-bond acceptors (Lipinski definition) is 4. The van der Waals surface area contributed by atoms with Gasteiger partial charge in [-0.25, -0.2) is 9.18 Å². The Morgan fingerprint density at radius 2 is 1.48 bits per heavy atom. The van der Waals surface area contributed by atoms with Crippen LogP contribution < -0.4 is 4.74 Å². The third-order valence-electron chi connectivity index (χ3n) is 9.11. The molecule has 5 aromatic rings. The van der Waals surface area contributed by atoms with Gasteiger partial charge in [0.05, 0.1) is 23.6 Å². The van der Waals surface area contributed by atoms with E-state index in [0.29, 0.717) is 18.8 Å². The van der Waals surface area contributed by atoms with E-state index in [2.05, 4.69) is 58.3 Å². The molecule has 0 bridgehead atoms. The van der Waals surface area contributed by atoms with Gasteiger partial charge in [-0.2, -0.15) is 0 Å². The normalized spacial score (nSPS) is 12.4. The number of rotatable bonds is 10. The number of carbonyl (C=O) groups excluding carboxylic acids is 1. The zero-order chi connectivity index (χ0) is 33.3. The highest BCUT2D eigenvalue weighted by Crippen LogP contribution is 2.47. The summed E-state index contributed by atoms with van der Waals surface area (Å²) in [4.78, 5) is 12.4. The molecule has 0 saturated carbocycles. The number of nitrogens with zero attached hydrogens (tertiary/aromatic N) is 1. The number of esters is 1. The summed E-state index contributed by atoms with van der Waals surface area (Å²) < 4.78 is 34.9. The first-order chi connectivity index (χ1) is 21.7. The van der Waals surface area contributed by atoms with Gasteiger partial charge in [0.1, 0.15) is 18.2 Å². The molecule has 4 aromatic carbocycles. The molecule has 0 N–H and O–H groups in total. The quantitative estimate of drug-likeness (QED) is 0.113. The maximum Gasteiger partial charge on any atom is 0.337 e. The Hall–Kier alpha value is -4.20. The number of hydrogen-bond donors (Lipinski definition) is 0. The van der Waals surface area contributed by atoms with E-state index in [0.717, 1.165) is 44.7 Å². The number of methoxy groups -OCH3 is 1. The fourth-order valence-electron chi connectivity index (χ4n) is 5.48. The van der Waals surface area contributed by atoms with Crippen molar-refractivity contribution >= 4 is 25.2 Å². The van der Waals surface area contributed by atoms with Gasteiger partial charge in [-0.05, 0) is 77.8 Å². The molecule has 0 fully saturated rings. The Balaban J connectivity index is 1.80. The smallest absolute Gasteiger partial charge is 0.337 e. The number of halogens is 1. The number of fused-ring (bicyclic) bond motifs is 1. The summed E-state index contributed by atoms with van der Waals surface area (Å²) in [6.07, 6.45) is 0. The van der Waals surface area contributed by atoms with Gasteiger partial charge in [0, 0.05) is 29.0 Å². The number of carbonyl (C=O) groups is 1. The van der Waals surface area contributed by atoms with E-state index >= 15 is 0 Å². The predicted octanol–water partition coefficient (Wildman–Crippen LogP) is 10.1. The number of aromatic nitrogens is 1. The summed E-state index contributed by atoms with van der Waals surface area (Å²) in [5.74, 6) is 0.0416. The van der Waals surface area contributed by atoms with Crippen LogP contribution in [0.2, 0.25) is 18.1 Å². The van der Waals surface area contributed by atoms with Crippen LogP contribution in [-0.2, 0) is 21.2 Å². The van der Waals surface area contributed by atoms with Crippen LogP contribution in [-0.4, -0.2) is 32.6 Å². The van der Waals surface area contributed by atoms with Crippen molar-refractivity contribution in [1.29, 1.82) is 0 Å². The topological polar surface area (TPSA) is 49.7 Å². The summed E-state index contributed by atoms with van der Waals surface area (Å²) in [6.45, 7) is 16.5.